The summed E-state index contributed by atoms with van der Waals surface area (Å²) < 4.78 is 26.5. The highest BCUT2D eigenvalue weighted by Crippen LogP contribution is 2.32. The van der Waals surface area contributed by atoms with E-state index in [4.69, 9.17) is 21.1 Å². The molecular weight excluding hydrogens is 469 g/mol. The van der Waals surface area contributed by atoms with Gasteiger partial charge in [-0.15, -0.1) is 10.2 Å². The number of hydrogen-bond acceptors (Lipinski definition) is 7. The first-order chi connectivity index (χ1) is 16.0. The molecule has 8 nitrogen and oxygen atoms in total. The maximum Gasteiger partial charge on any atom is 0.237 e. The molecule has 33 heavy (non-hydrogen) atoms. The molecular formula is C22H23ClFN5O3S. The number of nitrogens with zero attached hydrogens (tertiary/aromatic N) is 4. The smallest absolute Gasteiger partial charge is 0.237 e. The van der Waals surface area contributed by atoms with E-state index >= 15 is 0 Å². The third-order valence-electron chi connectivity index (χ3n) is 5.05. The molecule has 1 amide bonds. The molecule has 0 saturated carbocycles. The Hall–Kier alpha value is -2.82. The number of thioether (sulfide) groups is 1. The maximum atomic E-state index is 14.0. The summed E-state index contributed by atoms with van der Waals surface area (Å²) in [5.74, 6) is 0.448. The molecule has 2 aromatic carbocycles. The first-order valence-corrected chi connectivity index (χ1v) is 11.6. The van der Waals surface area contributed by atoms with Crippen LogP contribution >= 0.6 is 23.4 Å². The van der Waals surface area contributed by atoms with Crippen molar-refractivity contribution in [2.24, 2.45) is 0 Å². The van der Waals surface area contributed by atoms with Crippen LogP contribution < -0.4 is 15.0 Å². The molecule has 1 atom stereocenters. The Morgan fingerprint density at radius 1 is 1.24 bits per heavy atom. The molecule has 1 N–H and O–H groups in total. The summed E-state index contributed by atoms with van der Waals surface area (Å²) in [6.45, 7) is 4.18. The predicted molar refractivity (Wildman–Crippen MR) is 126 cm³/mol. The molecule has 11 heteroatoms. The van der Waals surface area contributed by atoms with Crippen LogP contribution in [-0.2, 0) is 9.53 Å². The van der Waals surface area contributed by atoms with Gasteiger partial charge in [0.05, 0.1) is 36.9 Å². The molecule has 1 aromatic heterocycles. The van der Waals surface area contributed by atoms with Crippen molar-refractivity contribution in [2.45, 2.75) is 17.3 Å². The summed E-state index contributed by atoms with van der Waals surface area (Å²) in [7, 11) is 1.52. The first-order valence-electron chi connectivity index (χ1n) is 10.3. The van der Waals surface area contributed by atoms with E-state index in [1.807, 2.05) is 4.90 Å². The monoisotopic (exact) mass is 491 g/mol. The molecule has 1 aliphatic rings. The van der Waals surface area contributed by atoms with Crippen molar-refractivity contribution in [3.8, 4) is 11.4 Å². The van der Waals surface area contributed by atoms with Crippen LogP contribution in [0.3, 0.4) is 0 Å². The summed E-state index contributed by atoms with van der Waals surface area (Å²) in [6.07, 6.45) is 0. The Balaban J connectivity index is 1.60. The number of amides is 1. The number of morpholine rings is 1. The minimum atomic E-state index is -0.539. The number of ether oxygens (including phenoxy) is 2. The fourth-order valence-corrected chi connectivity index (χ4v) is 4.41. The minimum Gasteiger partial charge on any atom is -0.495 e. The third-order valence-corrected chi connectivity index (χ3v) is 6.33. The number of aromatic nitrogens is 3. The fourth-order valence-electron chi connectivity index (χ4n) is 3.37. The molecule has 0 aliphatic carbocycles. The van der Waals surface area contributed by atoms with E-state index in [2.05, 4.69) is 15.5 Å². The van der Waals surface area contributed by atoms with Crippen molar-refractivity contribution in [1.29, 1.82) is 0 Å². The zero-order valence-corrected chi connectivity index (χ0v) is 19.7. The molecule has 1 unspecified atom stereocenters. The molecule has 1 aliphatic heterocycles. The second-order valence-corrected chi connectivity index (χ2v) is 9.04. The lowest BCUT2D eigenvalue weighted by atomic mass is 10.3. The minimum absolute atomic E-state index is 0.262. The van der Waals surface area contributed by atoms with Gasteiger partial charge >= 0.3 is 0 Å². The lowest BCUT2D eigenvalue weighted by molar-refractivity contribution is -0.115. The summed E-state index contributed by atoms with van der Waals surface area (Å²) in [6, 6.07) is 11.2. The van der Waals surface area contributed by atoms with Crippen molar-refractivity contribution in [2.75, 3.05) is 43.6 Å². The zero-order valence-electron chi connectivity index (χ0n) is 18.1. The number of rotatable bonds is 7. The molecule has 0 radical (unpaired) electrons. The summed E-state index contributed by atoms with van der Waals surface area (Å²) in [5.41, 5.74) is 1.05. The molecule has 1 fully saturated rings. The average Bonchev–Trinajstić information content (AvgIpc) is 3.23. The van der Waals surface area contributed by atoms with Crippen LogP contribution in [0.4, 0.5) is 16.0 Å². The number of hydrogen-bond donors (Lipinski definition) is 1. The van der Waals surface area contributed by atoms with Crippen molar-refractivity contribution in [1.82, 2.24) is 14.8 Å². The number of methoxy groups -OCH3 is 1. The van der Waals surface area contributed by atoms with Crippen LogP contribution in [0.1, 0.15) is 6.92 Å². The Morgan fingerprint density at radius 2 is 2.03 bits per heavy atom. The van der Waals surface area contributed by atoms with E-state index in [9.17, 15) is 9.18 Å². The molecule has 0 spiro atoms. The van der Waals surface area contributed by atoms with Crippen LogP contribution in [0.2, 0.25) is 5.02 Å². The zero-order chi connectivity index (χ0) is 23.4. The highest BCUT2D eigenvalue weighted by molar-refractivity contribution is 8.00. The van der Waals surface area contributed by atoms with E-state index in [-0.39, 0.29) is 11.7 Å². The van der Waals surface area contributed by atoms with Gasteiger partial charge in [0.1, 0.15) is 11.6 Å². The van der Waals surface area contributed by atoms with Gasteiger partial charge in [-0.3, -0.25) is 9.36 Å². The maximum absolute atomic E-state index is 14.0. The number of carbonyl (C=O) groups is 1. The number of benzene rings is 2. The van der Waals surface area contributed by atoms with Gasteiger partial charge in [0.2, 0.25) is 11.9 Å². The fraction of sp³-hybridized carbons (Fsp3) is 0.318. The van der Waals surface area contributed by atoms with E-state index in [0.29, 0.717) is 59.6 Å². The molecule has 174 valence electrons. The van der Waals surface area contributed by atoms with Crippen molar-refractivity contribution >= 4 is 40.9 Å². The Morgan fingerprint density at radius 3 is 2.76 bits per heavy atom. The number of halogens is 2. The normalized spacial score (nSPS) is 14.7. The van der Waals surface area contributed by atoms with Gasteiger partial charge in [0, 0.05) is 18.1 Å². The van der Waals surface area contributed by atoms with Crippen LogP contribution in [0, 0.1) is 5.82 Å². The van der Waals surface area contributed by atoms with Crippen molar-refractivity contribution in [3.05, 3.63) is 53.3 Å². The van der Waals surface area contributed by atoms with Crippen molar-refractivity contribution in [3.63, 3.8) is 0 Å². The second kappa shape index (κ2) is 10.4. The number of carbonyl (C=O) groups excluding carboxylic acids is 1. The Bertz CT molecular complexity index is 1140. The standard InChI is InChI=1S/C22H23ClFN5O3S/c1-14(20(30)25-18-12-15(23)6-7-19(18)31-2)33-22-27-26-21(28-8-10-32-11-9-28)29(22)17-5-3-4-16(24)13-17/h3-7,12-14H,8-11H2,1-2H3,(H,25,30). The predicted octanol–water partition coefficient (Wildman–Crippen LogP) is 4.02. The van der Waals surface area contributed by atoms with Gasteiger partial charge in [-0.05, 0) is 43.3 Å². The Labute approximate surface area is 200 Å². The van der Waals surface area contributed by atoms with E-state index < -0.39 is 5.25 Å². The van der Waals surface area contributed by atoms with E-state index in [0.717, 1.165) is 0 Å². The third kappa shape index (κ3) is 5.40. The van der Waals surface area contributed by atoms with Crippen LogP contribution in [0.5, 0.6) is 5.75 Å². The highest BCUT2D eigenvalue weighted by atomic mass is 35.5. The quantitative estimate of drug-likeness (QED) is 0.500. The number of nitrogens with one attached hydrogen (secondary N) is 1. The summed E-state index contributed by atoms with van der Waals surface area (Å²) >= 11 is 7.29. The highest BCUT2D eigenvalue weighted by Gasteiger charge is 2.25. The lowest BCUT2D eigenvalue weighted by Gasteiger charge is -2.28. The molecule has 4 rings (SSSR count). The largest absolute Gasteiger partial charge is 0.495 e. The summed E-state index contributed by atoms with van der Waals surface area (Å²) in [4.78, 5) is 15.0. The van der Waals surface area contributed by atoms with Gasteiger partial charge in [-0.1, -0.05) is 29.4 Å². The topological polar surface area (TPSA) is 81.5 Å². The van der Waals surface area contributed by atoms with Crippen LogP contribution in [-0.4, -0.2) is 59.3 Å². The van der Waals surface area contributed by atoms with Crippen LogP contribution in [0.25, 0.3) is 5.69 Å². The molecule has 2 heterocycles. The average molecular weight is 492 g/mol. The Kier molecular flexibility index (Phi) is 7.36. The van der Waals surface area contributed by atoms with Crippen molar-refractivity contribution < 1.29 is 18.7 Å². The second-order valence-electron chi connectivity index (χ2n) is 7.29. The molecule has 1 saturated heterocycles. The van der Waals surface area contributed by atoms with Gasteiger partial charge in [-0.25, -0.2) is 4.39 Å². The molecule has 3 aromatic rings. The van der Waals surface area contributed by atoms with Gasteiger partial charge in [0.15, 0.2) is 5.16 Å². The summed E-state index contributed by atoms with van der Waals surface area (Å²) in [5, 5.41) is 11.9. The van der Waals surface area contributed by atoms with Gasteiger partial charge < -0.3 is 19.7 Å². The van der Waals surface area contributed by atoms with Gasteiger partial charge in [0.25, 0.3) is 0 Å². The van der Waals surface area contributed by atoms with E-state index in [1.165, 1.54) is 31.0 Å². The molecule has 0 bridgehead atoms. The van der Waals surface area contributed by atoms with Crippen LogP contribution in [0.15, 0.2) is 47.6 Å². The lowest BCUT2D eigenvalue weighted by Crippen LogP contribution is -2.38. The van der Waals surface area contributed by atoms with E-state index in [1.54, 1.807) is 41.8 Å². The number of anilines is 2. The van der Waals surface area contributed by atoms with Gasteiger partial charge in [-0.2, -0.15) is 0 Å². The SMILES string of the molecule is COc1ccc(Cl)cc1NC(=O)C(C)Sc1nnc(N2CCOCC2)n1-c1cccc(F)c1. The first kappa shape index (κ1) is 23.3.